The quantitative estimate of drug-likeness (QED) is 0.378. The van der Waals surface area contributed by atoms with Crippen molar-refractivity contribution < 1.29 is 17.8 Å². The van der Waals surface area contributed by atoms with E-state index in [0.29, 0.717) is 0 Å². The molecule has 5 heteroatoms. The highest BCUT2D eigenvalue weighted by Crippen LogP contribution is 2.62. The van der Waals surface area contributed by atoms with Crippen molar-refractivity contribution in [1.82, 2.24) is 0 Å². The monoisotopic (exact) mass is 366 g/mol. The fraction of sp³-hybridized carbons (Fsp3) is 0.400. The molecule has 0 unspecified atom stereocenters. The molecule has 0 saturated carbocycles. The number of rotatable bonds is 9. The number of hydrogen-bond acceptors (Lipinski definition) is 2. The topological polar surface area (TPSA) is 18.5 Å². The van der Waals surface area contributed by atoms with E-state index in [1.807, 2.05) is 0 Å². The van der Waals surface area contributed by atoms with E-state index in [9.17, 15) is 8.78 Å². The van der Waals surface area contributed by atoms with Gasteiger partial charge in [0.15, 0.2) is 8.38 Å². The molecule has 2 rings (SSSR count). The number of halogens is 2. The van der Waals surface area contributed by atoms with Gasteiger partial charge in [-0.2, -0.15) is 0 Å². The lowest BCUT2D eigenvalue weighted by Crippen LogP contribution is -2.27. The van der Waals surface area contributed by atoms with Gasteiger partial charge in [-0.25, -0.2) is 8.78 Å². The minimum absolute atomic E-state index is 0.288. The highest BCUT2D eigenvalue weighted by molar-refractivity contribution is 7.49. The van der Waals surface area contributed by atoms with Crippen LogP contribution in [0.5, 0.6) is 0 Å². The Labute approximate surface area is 150 Å². The van der Waals surface area contributed by atoms with Gasteiger partial charge in [-0.1, -0.05) is 50.5 Å². The minimum atomic E-state index is -1.34. The Morgan fingerprint density at radius 1 is 0.800 bits per heavy atom. The first-order valence-corrected chi connectivity index (χ1v) is 9.66. The van der Waals surface area contributed by atoms with Crippen LogP contribution in [0.1, 0.15) is 43.7 Å². The molecular weight excluding hydrogens is 341 g/mol. The average molecular weight is 366 g/mol. The van der Waals surface area contributed by atoms with Crippen molar-refractivity contribution in [1.29, 1.82) is 0 Å². The average Bonchev–Trinajstić information content (AvgIpc) is 2.63. The van der Waals surface area contributed by atoms with Crippen molar-refractivity contribution in [3.8, 4) is 0 Å². The van der Waals surface area contributed by atoms with E-state index in [1.165, 1.54) is 24.3 Å². The van der Waals surface area contributed by atoms with Gasteiger partial charge in [0.25, 0.3) is 0 Å². The highest BCUT2D eigenvalue weighted by atomic mass is 31.2. The fourth-order valence-electron chi connectivity index (χ4n) is 3.23. The van der Waals surface area contributed by atoms with Gasteiger partial charge < -0.3 is 9.05 Å². The summed E-state index contributed by atoms with van der Waals surface area (Å²) in [6.07, 6.45) is 3.91. The van der Waals surface area contributed by atoms with Crippen molar-refractivity contribution in [2.24, 2.45) is 0 Å². The highest BCUT2D eigenvalue weighted by Gasteiger charge is 2.43. The van der Waals surface area contributed by atoms with Crippen LogP contribution < -0.4 is 0 Å². The van der Waals surface area contributed by atoms with Crippen LogP contribution >= 0.6 is 8.38 Å². The van der Waals surface area contributed by atoms with Crippen LogP contribution in [0.25, 0.3) is 0 Å². The molecule has 2 nitrogen and oxygen atoms in total. The lowest BCUT2D eigenvalue weighted by Gasteiger charge is -2.39. The Morgan fingerprint density at radius 2 is 1.24 bits per heavy atom. The van der Waals surface area contributed by atoms with Gasteiger partial charge in [0, 0.05) is 14.2 Å². The predicted molar refractivity (Wildman–Crippen MR) is 98.7 cm³/mol. The van der Waals surface area contributed by atoms with Gasteiger partial charge in [-0.3, -0.25) is 0 Å². The SMILES string of the molecule is CCCCCC(c1ccc(F)cc1)(c1ccc(F)cc1)P(OC)OC. The maximum absolute atomic E-state index is 13.5. The molecule has 0 aromatic heterocycles. The summed E-state index contributed by atoms with van der Waals surface area (Å²) in [5, 5.41) is -0.574. The van der Waals surface area contributed by atoms with Gasteiger partial charge in [0.05, 0.1) is 5.16 Å². The van der Waals surface area contributed by atoms with Crippen LogP contribution in [-0.2, 0) is 14.2 Å². The Morgan fingerprint density at radius 3 is 1.60 bits per heavy atom. The van der Waals surface area contributed by atoms with Crippen LogP contribution in [-0.4, -0.2) is 14.2 Å². The van der Waals surface area contributed by atoms with Gasteiger partial charge in [-0.05, 0) is 41.8 Å². The molecule has 0 aliphatic heterocycles. The first kappa shape index (κ1) is 20.0. The molecule has 0 atom stereocenters. The normalized spacial score (nSPS) is 11.9. The summed E-state index contributed by atoms with van der Waals surface area (Å²) < 4.78 is 38.4. The third kappa shape index (κ3) is 4.44. The lowest BCUT2D eigenvalue weighted by atomic mass is 9.85. The van der Waals surface area contributed by atoms with Crippen LogP contribution in [0.4, 0.5) is 8.78 Å². The number of benzene rings is 2. The first-order valence-electron chi connectivity index (χ1n) is 8.49. The fourth-order valence-corrected chi connectivity index (χ4v) is 5.06. The Balaban J connectivity index is 2.62. The third-order valence-corrected chi connectivity index (χ3v) is 6.46. The summed E-state index contributed by atoms with van der Waals surface area (Å²) in [5.41, 5.74) is 1.85. The largest absolute Gasteiger partial charge is 0.337 e. The van der Waals surface area contributed by atoms with E-state index in [1.54, 1.807) is 38.5 Å². The number of unbranched alkanes of at least 4 members (excludes halogenated alkanes) is 2. The Hall–Kier alpha value is -1.35. The molecule has 0 spiro atoms. The van der Waals surface area contributed by atoms with Gasteiger partial charge in [0.1, 0.15) is 11.6 Å². The molecule has 0 N–H and O–H groups in total. The van der Waals surface area contributed by atoms with Crippen LogP contribution in [0.2, 0.25) is 0 Å². The predicted octanol–water partition coefficient (Wildman–Crippen LogP) is 6.39. The molecule has 0 saturated heterocycles. The summed E-state index contributed by atoms with van der Waals surface area (Å²) in [5.74, 6) is -0.575. The molecule has 0 radical (unpaired) electrons. The molecule has 0 amide bonds. The molecule has 136 valence electrons. The van der Waals surface area contributed by atoms with E-state index >= 15 is 0 Å². The molecule has 25 heavy (non-hydrogen) atoms. The van der Waals surface area contributed by atoms with E-state index in [-0.39, 0.29) is 11.6 Å². The molecule has 0 heterocycles. The Bertz CT molecular complexity index is 594. The van der Waals surface area contributed by atoms with Gasteiger partial charge in [0.2, 0.25) is 0 Å². The molecule has 2 aromatic carbocycles. The summed E-state index contributed by atoms with van der Waals surface area (Å²) in [6, 6.07) is 12.9. The van der Waals surface area contributed by atoms with Gasteiger partial charge in [-0.15, -0.1) is 0 Å². The summed E-state index contributed by atoms with van der Waals surface area (Å²) in [7, 11) is 1.91. The second-order valence-electron chi connectivity index (χ2n) is 5.95. The van der Waals surface area contributed by atoms with Gasteiger partial charge >= 0.3 is 0 Å². The molecule has 0 bridgehead atoms. The zero-order valence-corrected chi connectivity index (χ0v) is 15.9. The maximum Gasteiger partial charge on any atom is 0.186 e. The molecule has 0 fully saturated rings. The van der Waals surface area contributed by atoms with Crippen molar-refractivity contribution in [2.75, 3.05) is 14.2 Å². The second-order valence-corrected chi connectivity index (χ2v) is 7.96. The molecule has 2 aromatic rings. The summed E-state index contributed by atoms with van der Waals surface area (Å²) >= 11 is 0. The minimum Gasteiger partial charge on any atom is -0.337 e. The number of hydrogen-bond donors (Lipinski definition) is 0. The van der Waals surface area contributed by atoms with E-state index in [4.69, 9.17) is 9.05 Å². The van der Waals surface area contributed by atoms with E-state index in [0.717, 1.165) is 36.8 Å². The van der Waals surface area contributed by atoms with E-state index < -0.39 is 13.5 Å². The first-order chi connectivity index (χ1) is 12.1. The third-order valence-electron chi connectivity index (χ3n) is 4.43. The van der Waals surface area contributed by atoms with Crippen molar-refractivity contribution in [2.45, 2.75) is 37.8 Å². The molecular formula is C20H25F2O2P. The summed E-state index contributed by atoms with van der Waals surface area (Å²) in [6.45, 7) is 2.15. The van der Waals surface area contributed by atoms with Crippen molar-refractivity contribution in [3.05, 3.63) is 71.3 Å². The van der Waals surface area contributed by atoms with Crippen LogP contribution in [0, 0.1) is 11.6 Å². The zero-order chi connectivity index (χ0) is 18.3. The zero-order valence-electron chi connectivity index (χ0n) is 15.0. The second kappa shape index (κ2) is 9.38. The van der Waals surface area contributed by atoms with Crippen LogP contribution in [0.15, 0.2) is 48.5 Å². The lowest BCUT2D eigenvalue weighted by molar-refractivity contribution is 0.311. The van der Waals surface area contributed by atoms with E-state index in [2.05, 4.69) is 6.92 Å². The van der Waals surface area contributed by atoms with Crippen molar-refractivity contribution >= 4 is 8.38 Å². The standard InChI is InChI=1S/C20H25F2O2P/c1-4-5-6-15-20(25(23-2)24-3,16-7-11-18(21)12-8-16)17-9-13-19(22)14-10-17/h7-14H,4-6,15H2,1-3H3. The molecule has 0 aliphatic carbocycles. The smallest absolute Gasteiger partial charge is 0.186 e. The Kier molecular flexibility index (Phi) is 7.49. The molecule has 0 aliphatic rings. The van der Waals surface area contributed by atoms with Crippen molar-refractivity contribution in [3.63, 3.8) is 0 Å². The maximum atomic E-state index is 13.5. The summed E-state index contributed by atoms with van der Waals surface area (Å²) in [4.78, 5) is 0. The van der Waals surface area contributed by atoms with Crippen LogP contribution in [0.3, 0.4) is 0 Å².